The molecule has 1 N–H and O–H groups in total. The van der Waals surface area contributed by atoms with Gasteiger partial charge in [0.2, 0.25) is 0 Å². The summed E-state index contributed by atoms with van der Waals surface area (Å²) in [5, 5.41) is 9.65. The lowest BCUT2D eigenvalue weighted by Crippen LogP contribution is -2.44. The zero-order valence-electron chi connectivity index (χ0n) is 45.3. The zero-order valence-corrected chi connectivity index (χ0v) is 45.3. The molecule has 0 aliphatic heterocycles. The van der Waals surface area contributed by atoms with Gasteiger partial charge in [-0.3, -0.25) is 0 Å². The van der Waals surface area contributed by atoms with E-state index in [4.69, 9.17) is 28.4 Å². The molecule has 0 heterocycles. The topological polar surface area (TPSA) is 161 Å². The zero-order chi connectivity index (χ0) is 55.2. The van der Waals surface area contributed by atoms with E-state index >= 15 is 4.39 Å². The number of esters is 5. The van der Waals surface area contributed by atoms with E-state index < -0.39 is 61.7 Å². The summed E-state index contributed by atoms with van der Waals surface area (Å²) in [6.07, 6.45) is 11.5. The number of rotatable bonds is 31. The fraction of sp³-hybridized carbons (Fsp3) is 0.468. The number of benzene rings is 3. The largest absolute Gasteiger partial charge is 0.492 e. The lowest BCUT2D eigenvalue weighted by Gasteiger charge is -2.33. The van der Waals surface area contributed by atoms with E-state index in [1.165, 1.54) is 52.4 Å². The van der Waals surface area contributed by atoms with Crippen molar-refractivity contribution in [1.82, 2.24) is 0 Å². The van der Waals surface area contributed by atoms with Gasteiger partial charge in [0.25, 0.3) is 0 Å². The third-order valence-electron chi connectivity index (χ3n) is 13.4. The first-order valence-corrected chi connectivity index (χ1v) is 26.2. The van der Waals surface area contributed by atoms with Crippen LogP contribution in [0.3, 0.4) is 0 Å². The van der Waals surface area contributed by atoms with E-state index in [2.05, 4.69) is 45.9 Å². The number of aliphatic hydroxyl groups excluding tert-OH is 1. The summed E-state index contributed by atoms with van der Waals surface area (Å²) in [6, 6.07) is 15.6. The second-order valence-corrected chi connectivity index (χ2v) is 20.2. The average Bonchev–Trinajstić information content (AvgIpc) is 3.39. The average molecular weight is 1040 g/mol. The summed E-state index contributed by atoms with van der Waals surface area (Å²) in [7, 11) is 0. The first-order chi connectivity index (χ1) is 35.7. The first kappa shape index (κ1) is 61.0. The van der Waals surface area contributed by atoms with Gasteiger partial charge in [0.15, 0.2) is 0 Å². The van der Waals surface area contributed by atoms with Crippen LogP contribution in [0.5, 0.6) is 5.75 Å². The molecular weight excluding hydrogens is 956 g/mol. The highest BCUT2D eigenvalue weighted by atomic mass is 19.1. The predicted octanol–water partition coefficient (Wildman–Crippen LogP) is 12.4. The molecule has 0 atom stereocenters. The van der Waals surface area contributed by atoms with Gasteiger partial charge in [-0.25, -0.2) is 28.4 Å². The molecule has 12 nitrogen and oxygen atoms in total. The van der Waals surface area contributed by atoms with Crippen molar-refractivity contribution < 1.29 is 61.9 Å². The summed E-state index contributed by atoms with van der Waals surface area (Å²) in [6.45, 7) is 26.1. The van der Waals surface area contributed by atoms with Crippen LogP contribution in [0, 0.1) is 17.2 Å². The number of carbonyl (C=O) groups is 5. The molecule has 0 radical (unpaired) electrons. The van der Waals surface area contributed by atoms with Crippen LogP contribution in [0.2, 0.25) is 0 Å². The van der Waals surface area contributed by atoms with Crippen molar-refractivity contribution in [2.75, 3.05) is 46.2 Å². The molecule has 0 amide bonds. The Balaban J connectivity index is 1.84. The van der Waals surface area contributed by atoms with Gasteiger partial charge < -0.3 is 33.5 Å². The summed E-state index contributed by atoms with van der Waals surface area (Å²) in [4.78, 5) is 63.7. The number of hydrogen-bond acceptors (Lipinski definition) is 12. The van der Waals surface area contributed by atoms with Gasteiger partial charge in [0.1, 0.15) is 43.4 Å². The van der Waals surface area contributed by atoms with Crippen LogP contribution >= 0.6 is 0 Å². The summed E-state index contributed by atoms with van der Waals surface area (Å²) >= 11 is 0. The number of unbranched alkanes of at least 4 members (excludes halogenated alkanes) is 2. The van der Waals surface area contributed by atoms with Gasteiger partial charge in [0, 0.05) is 27.9 Å². The number of carbonyl (C=O) groups excluding carboxylic acids is 5. The predicted molar refractivity (Wildman–Crippen MR) is 290 cm³/mol. The fourth-order valence-electron chi connectivity index (χ4n) is 8.93. The molecule has 1 fully saturated rings. The highest BCUT2D eigenvalue weighted by Gasteiger charge is 2.38. The van der Waals surface area contributed by atoms with Crippen molar-refractivity contribution in [3.05, 3.63) is 137 Å². The van der Waals surface area contributed by atoms with Gasteiger partial charge in [-0.05, 0) is 154 Å². The van der Waals surface area contributed by atoms with Crippen LogP contribution in [0.1, 0.15) is 134 Å². The van der Waals surface area contributed by atoms with Gasteiger partial charge in [0.05, 0.1) is 25.4 Å². The minimum Gasteiger partial charge on any atom is -0.492 e. The van der Waals surface area contributed by atoms with Crippen molar-refractivity contribution >= 4 is 29.8 Å². The second-order valence-electron chi connectivity index (χ2n) is 20.2. The maximum Gasteiger partial charge on any atom is 0.335 e. The molecule has 0 aromatic heterocycles. The van der Waals surface area contributed by atoms with Crippen LogP contribution in [-0.4, -0.2) is 81.2 Å². The Kier molecular flexibility index (Phi) is 24.4. The molecule has 0 bridgehead atoms. The monoisotopic (exact) mass is 1030 g/mol. The van der Waals surface area contributed by atoms with Crippen LogP contribution in [0.15, 0.2) is 109 Å². The molecule has 3 aromatic carbocycles. The normalized spacial score (nSPS) is 14.2. The van der Waals surface area contributed by atoms with E-state index in [1.807, 2.05) is 43.3 Å². The molecular formula is C62H79FO12. The van der Waals surface area contributed by atoms with Gasteiger partial charge in [-0.2, -0.15) is 0 Å². The fourth-order valence-corrected chi connectivity index (χ4v) is 8.93. The number of aliphatic hydroxyl groups is 1. The Morgan fingerprint density at radius 1 is 0.587 bits per heavy atom. The maximum absolute atomic E-state index is 16.2. The van der Waals surface area contributed by atoms with Crippen molar-refractivity contribution in [3.63, 3.8) is 0 Å². The maximum atomic E-state index is 16.2. The SMILES string of the molecule is C=C(C)C(=O)OCCCc1cc(-c2ccc(-c3ccc(C4CCC(CCCCC)CC4)cc3F)cc2CC)cc(CCCOC(=O)C(=C)C)c1OCC(COC(=O)C(=C)C)(COC(=O)C(=C)C)COC(=O)C(=C)CO. The standard InChI is InChI=1S/C62H79FO12/c1-12-14-15-18-45-21-23-47(24-22-45)48-25-28-54(55(63)34-48)49-26-27-53(46(13-2)31-49)52-32-50(19-16-29-70-57(65)40(3)4)56(51(33-52)20-17-30-71-58(66)41(5)6)72-36-62(37-73-59(67)42(7)8,38-74-60(68)43(9)10)39-75-61(69)44(11)35-64/h25-28,31-34,45,47,64H,3,5,7,9,11-24,29-30,35-39H2,1-2,4,6,8,10H3. The third kappa shape index (κ3) is 18.6. The van der Waals surface area contributed by atoms with Crippen LogP contribution in [0.4, 0.5) is 4.39 Å². The van der Waals surface area contributed by atoms with Crippen molar-refractivity contribution in [1.29, 1.82) is 0 Å². The highest BCUT2D eigenvalue weighted by molar-refractivity contribution is 5.89. The molecule has 0 unspecified atom stereocenters. The molecule has 1 aliphatic carbocycles. The van der Waals surface area contributed by atoms with Crippen molar-refractivity contribution in [2.45, 2.75) is 131 Å². The molecule has 0 saturated heterocycles. The molecule has 75 heavy (non-hydrogen) atoms. The summed E-state index contributed by atoms with van der Waals surface area (Å²) < 4.78 is 50.9. The molecule has 1 saturated carbocycles. The van der Waals surface area contributed by atoms with Crippen molar-refractivity contribution in [3.8, 4) is 28.0 Å². The number of aryl methyl sites for hydroxylation is 3. The molecule has 0 spiro atoms. The van der Waals surface area contributed by atoms with Crippen LogP contribution < -0.4 is 4.74 Å². The number of halogens is 1. The Morgan fingerprint density at radius 2 is 1.08 bits per heavy atom. The Hall–Kier alpha value is -6.60. The first-order valence-electron chi connectivity index (χ1n) is 26.2. The van der Waals surface area contributed by atoms with E-state index in [9.17, 15) is 29.1 Å². The summed E-state index contributed by atoms with van der Waals surface area (Å²) in [5.74, 6) is -2.33. The minimum absolute atomic E-state index is 0.0451. The number of hydrogen-bond donors (Lipinski definition) is 1. The third-order valence-corrected chi connectivity index (χ3v) is 13.4. The molecule has 4 rings (SSSR count). The molecule has 406 valence electrons. The smallest absolute Gasteiger partial charge is 0.335 e. The Morgan fingerprint density at radius 3 is 1.56 bits per heavy atom. The van der Waals surface area contributed by atoms with E-state index in [0.717, 1.165) is 46.6 Å². The number of ether oxygens (including phenoxy) is 6. The Labute approximate surface area is 444 Å². The quantitative estimate of drug-likeness (QED) is 0.0281. The lowest BCUT2D eigenvalue weighted by atomic mass is 9.77. The minimum atomic E-state index is -1.56. The van der Waals surface area contributed by atoms with Crippen LogP contribution in [-0.2, 0) is 66.9 Å². The second kappa shape index (κ2) is 30.1. The highest BCUT2D eigenvalue weighted by Crippen LogP contribution is 2.41. The van der Waals surface area contributed by atoms with Crippen molar-refractivity contribution in [2.24, 2.45) is 11.3 Å². The van der Waals surface area contributed by atoms with E-state index in [1.54, 1.807) is 19.9 Å². The van der Waals surface area contributed by atoms with E-state index in [0.29, 0.717) is 60.5 Å². The van der Waals surface area contributed by atoms with Gasteiger partial charge in [-0.1, -0.05) is 103 Å². The summed E-state index contributed by atoms with van der Waals surface area (Å²) in [5.41, 5.74) is 5.16. The van der Waals surface area contributed by atoms with Gasteiger partial charge >= 0.3 is 29.8 Å². The molecule has 3 aromatic rings. The molecule has 1 aliphatic rings. The van der Waals surface area contributed by atoms with Crippen LogP contribution in [0.25, 0.3) is 22.3 Å². The van der Waals surface area contributed by atoms with E-state index in [-0.39, 0.29) is 53.5 Å². The van der Waals surface area contributed by atoms with Gasteiger partial charge in [-0.15, -0.1) is 0 Å². The molecule has 13 heteroatoms. The Bertz CT molecular complexity index is 2480. The lowest BCUT2D eigenvalue weighted by molar-refractivity contribution is -0.160.